The molecule has 5 heterocycles. The fourth-order valence-electron chi connectivity index (χ4n) is 4.57. The van der Waals surface area contributed by atoms with Crippen molar-refractivity contribution in [2.45, 2.75) is 20.3 Å². The van der Waals surface area contributed by atoms with Crippen LogP contribution in [0.15, 0.2) is 55.2 Å². The number of fused-ring (bicyclic) bond motifs is 1. The third-order valence-electron chi connectivity index (χ3n) is 6.87. The molecule has 1 fully saturated rings. The Labute approximate surface area is 217 Å². The summed E-state index contributed by atoms with van der Waals surface area (Å²) < 4.78 is 0. The summed E-state index contributed by atoms with van der Waals surface area (Å²) in [6, 6.07) is 7.63. The molecular formula is C28H32N8O. The molecule has 190 valence electrons. The number of hydrogen-bond donors (Lipinski definition) is 0. The Hall–Kier alpha value is -3.98. The second-order valence-electron chi connectivity index (χ2n) is 9.32. The Morgan fingerprint density at radius 2 is 1.68 bits per heavy atom. The van der Waals surface area contributed by atoms with E-state index in [1.54, 1.807) is 37.1 Å². The number of Topliss-reactive ketones (excluding diaryl/α,β-unsaturated/α-hetero) is 1. The van der Waals surface area contributed by atoms with E-state index in [2.05, 4.69) is 55.5 Å². The Morgan fingerprint density at radius 1 is 0.892 bits per heavy atom. The van der Waals surface area contributed by atoms with Crippen LogP contribution >= 0.6 is 0 Å². The molecule has 0 aliphatic carbocycles. The summed E-state index contributed by atoms with van der Waals surface area (Å²) in [7, 11) is 2.12. The van der Waals surface area contributed by atoms with Gasteiger partial charge in [-0.25, -0.2) is 9.97 Å². The van der Waals surface area contributed by atoms with Crippen LogP contribution in [0, 0.1) is 0 Å². The van der Waals surface area contributed by atoms with E-state index in [4.69, 9.17) is 4.98 Å². The van der Waals surface area contributed by atoms with E-state index in [0.29, 0.717) is 11.3 Å². The topological polar surface area (TPSA) is 91.2 Å². The van der Waals surface area contributed by atoms with Crippen LogP contribution in [0.3, 0.4) is 0 Å². The van der Waals surface area contributed by atoms with Crippen LogP contribution in [0.5, 0.6) is 0 Å². The zero-order valence-corrected chi connectivity index (χ0v) is 21.6. The average Bonchev–Trinajstić information content (AvgIpc) is 2.94. The fraction of sp³-hybridized carbons (Fsp3) is 0.357. The van der Waals surface area contributed by atoms with Crippen molar-refractivity contribution in [3.05, 3.63) is 66.5 Å². The first kappa shape index (κ1) is 24.7. The molecule has 0 spiro atoms. The molecule has 0 N–H and O–H groups in total. The molecule has 37 heavy (non-hydrogen) atoms. The minimum absolute atomic E-state index is 0.0247. The minimum Gasteiger partial charge on any atom is -0.356 e. The summed E-state index contributed by atoms with van der Waals surface area (Å²) in [5.41, 5.74) is 2.83. The van der Waals surface area contributed by atoms with Gasteiger partial charge >= 0.3 is 0 Å². The average molecular weight is 497 g/mol. The number of carbonyl (C=O) groups is 1. The van der Waals surface area contributed by atoms with Crippen LogP contribution in [-0.4, -0.2) is 81.9 Å². The van der Waals surface area contributed by atoms with Crippen molar-refractivity contribution in [1.29, 1.82) is 0 Å². The number of ketones is 1. The predicted octanol–water partition coefficient (Wildman–Crippen LogP) is 3.51. The number of piperazine rings is 1. The van der Waals surface area contributed by atoms with Crippen molar-refractivity contribution in [2.24, 2.45) is 0 Å². The molecule has 1 aliphatic rings. The maximum Gasteiger partial charge on any atom is 0.169 e. The Morgan fingerprint density at radius 3 is 2.46 bits per heavy atom. The monoisotopic (exact) mass is 496 g/mol. The second-order valence-corrected chi connectivity index (χ2v) is 9.32. The first-order valence-corrected chi connectivity index (χ1v) is 12.8. The number of carbonyl (C=O) groups excluding carboxylic acids is 1. The third kappa shape index (κ3) is 5.56. The van der Waals surface area contributed by atoms with E-state index in [-0.39, 0.29) is 12.2 Å². The normalized spacial score (nSPS) is 14.2. The largest absolute Gasteiger partial charge is 0.356 e. The number of hydrogen-bond acceptors (Lipinski definition) is 9. The van der Waals surface area contributed by atoms with Crippen LogP contribution in [0.2, 0.25) is 0 Å². The molecule has 0 aromatic carbocycles. The molecule has 0 saturated carbocycles. The van der Waals surface area contributed by atoms with Crippen LogP contribution in [0.1, 0.15) is 29.9 Å². The highest BCUT2D eigenvalue weighted by Crippen LogP contribution is 2.23. The number of anilines is 2. The summed E-state index contributed by atoms with van der Waals surface area (Å²) in [6.07, 6.45) is 9.01. The number of nitrogens with zero attached hydrogens (tertiary/aromatic N) is 8. The molecule has 0 amide bonds. The molecule has 0 radical (unpaired) electrons. The molecule has 4 aromatic heterocycles. The van der Waals surface area contributed by atoms with Gasteiger partial charge in [0.2, 0.25) is 0 Å². The maximum absolute atomic E-state index is 13.2. The lowest BCUT2D eigenvalue weighted by atomic mass is 10.1. The summed E-state index contributed by atoms with van der Waals surface area (Å²) in [4.78, 5) is 42.6. The molecular weight excluding hydrogens is 464 g/mol. The van der Waals surface area contributed by atoms with Gasteiger partial charge in [-0.1, -0.05) is 0 Å². The van der Waals surface area contributed by atoms with Crippen molar-refractivity contribution in [3.63, 3.8) is 0 Å². The molecule has 4 aromatic rings. The first-order chi connectivity index (χ1) is 18.0. The number of likely N-dealkylation sites (N-methyl/N-ethyl adjacent to an activating group) is 1. The van der Waals surface area contributed by atoms with Gasteiger partial charge in [-0.15, -0.1) is 0 Å². The molecule has 0 unspecified atom stereocenters. The van der Waals surface area contributed by atoms with Gasteiger partial charge in [0.1, 0.15) is 17.3 Å². The van der Waals surface area contributed by atoms with Gasteiger partial charge in [0.25, 0.3) is 0 Å². The van der Waals surface area contributed by atoms with Gasteiger partial charge in [-0.2, -0.15) is 0 Å². The highest BCUT2D eigenvalue weighted by Gasteiger charge is 2.17. The number of aromatic nitrogens is 5. The number of rotatable bonds is 8. The molecule has 0 atom stereocenters. The molecule has 9 nitrogen and oxygen atoms in total. The lowest BCUT2D eigenvalue weighted by Crippen LogP contribution is -2.44. The standard InChI is InChI=1S/C28H32N8O/c1-4-35(5-2)28-19-29-18-25(33-28)24-13-21-12-23(31-16-22(21)17-32-24)15-26(37)20-6-7-30-27(14-20)36-10-8-34(3)9-11-36/h6-7,12-14,16-19H,4-5,8-11,15H2,1-3H3. The summed E-state index contributed by atoms with van der Waals surface area (Å²) in [6.45, 7) is 9.71. The highest BCUT2D eigenvalue weighted by atomic mass is 16.1. The van der Waals surface area contributed by atoms with Gasteiger partial charge in [0, 0.05) is 74.5 Å². The van der Waals surface area contributed by atoms with E-state index in [9.17, 15) is 4.79 Å². The van der Waals surface area contributed by atoms with E-state index >= 15 is 0 Å². The van der Waals surface area contributed by atoms with Crippen LogP contribution in [0.25, 0.3) is 22.2 Å². The molecule has 5 rings (SSSR count). The fourth-order valence-corrected chi connectivity index (χ4v) is 4.57. The Balaban J connectivity index is 1.36. The van der Waals surface area contributed by atoms with Gasteiger partial charge in [-0.05, 0) is 50.5 Å². The molecule has 0 bridgehead atoms. The third-order valence-corrected chi connectivity index (χ3v) is 6.87. The van der Waals surface area contributed by atoms with Crippen molar-refractivity contribution in [3.8, 4) is 11.4 Å². The SMILES string of the molecule is CCN(CC)c1cncc(-c2cc3cc(CC(=O)c4ccnc(N5CCN(C)CC5)c4)ncc3cn2)n1. The van der Waals surface area contributed by atoms with Crippen molar-refractivity contribution >= 4 is 28.2 Å². The van der Waals surface area contributed by atoms with Crippen molar-refractivity contribution in [2.75, 3.05) is 56.1 Å². The first-order valence-electron chi connectivity index (χ1n) is 12.8. The summed E-state index contributed by atoms with van der Waals surface area (Å²) >= 11 is 0. The van der Waals surface area contributed by atoms with Gasteiger partial charge < -0.3 is 14.7 Å². The Bertz CT molecular complexity index is 1400. The van der Waals surface area contributed by atoms with Gasteiger partial charge in [0.15, 0.2) is 5.78 Å². The summed E-state index contributed by atoms with van der Waals surface area (Å²) in [5.74, 6) is 1.71. The van der Waals surface area contributed by atoms with E-state index in [1.165, 1.54) is 0 Å². The zero-order chi connectivity index (χ0) is 25.8. The summed E-state index contributed by atoms with van der Waals surface area (Å²) in [5, 5.41) is 1.87. The van der Waals surface area contributed by atoms with Gasteiger partial charge in [0.05, 0.1) is 24.5 Å². The number of pyridine rings is 3. The molecule has 1 aliphatic heterocycles. The second kappa shape index (κ2) is 11.0. The quantitative estimate of drug-likeness (QED) is 0.340. The highest BCUT2D eigenvalue weighted by molar-refractivity contribution is 5.98. The van der Waals surface area contributed by atoms with E-state index in [0.717, 1.165) is 73.1 Å². The predicted molar refractivity (Wildman–Crippen MR) is 146 cm³/mol. The van der Waals surface area contributed by atoms with E-state index < -0.39 is 0 Å². The lowest BCUT2D eigenvalue weighted by Gasteiger charge is -2.33. The van der Waals surface area contributed by atoms with Crippen LogP contribution in [0.4, 0.5) is 11.6 Å². The van der Waals surface area contributed by atoms with Crippen molar-refractivity contribution < 1.29 is 4.79 Å². The van der Waals surface area contributed by atoms with E-state index in [1.807, 2.05) is 18.2 Å². The maximum atomic E-state index is 13.2. The molecule has 9 heteroatoms. The van der Waals surface area contributed by atoms with Crippen LogP contribution < -0.4 is 9.80 Å². The zero-order valence-electron chi connectivity index (χ0n) is 21.6. The van der Waals surface area contributed by atoms with Crippen molar-refractivity contribution in [1.82, 2.24) is 29.8 Å². The smallest absolute Gasteiger partial charge is 0.169 e. The van der Waals surface area contributed by atoms with Gasteiger partial charge in [-0.3, -0.25) is 19.7 Å². The van der Waals surface area contributed by atoms with Crippen LogP contribution in [-0.2, 0) is 6.42 Å². The lowest BCUT2D eigenvalue weighted by molar-refractivity contribution is 0.0992. The Kier molecular flexibility index (Phi) is 7.32. The molecule has 1 saturated heterocycles. The minimum atomic E-state index is 0.0247.